The molecule has 0 spiro atoms. The van der Waals surface area contributed by atoms with Gasteiger partial charge in [-0.15, -0.1) is 0 Å². The van der Waals surface area contributed by atoms with Gasteiger partial charge in [-0.3, -0.25) is 0 Å². The van der Waals surface area contributed by atoms with Crippen molar-refractivity contribution in [2.24, 2.45) is 32.5 Å². The molecule has 7 rings (SSSR count). The van der Waals surface area contributed by atoms with Crippen molar-refractivity contribution in [2.45, 2.75) is 139 Å². The summed E-state index contributed by atoms with van der Waals surface area (Å²) in [6.45, 7) is 29.2. The maximum Gasteiger partial charge on any atom is 0.164 e. The minimum Gasteiger partial charge on any atom is -0.208 e. The minimum absolute atomic E-state index is 0.327. The third-order valence-corrected chi connectivity index (χ3v) is 15.6. The second kappa shape index (κ2) is 12.1. The smallest absolute Gasteiger partial charge is 0.164 e. The van der Waals surface area contributed by atoms with E-state index < -0.39 is 0 Å². The molecular formula is C48H63N3. The standard InChI is InChI=1S/C48H63N3/c1-43(2)25-37(26-44(43,3)4)31-13-19-34(20-14-31)40-49-41(35-21-15-32(16-22-35)38-27-45(5,6)46(7,8)28-38)51-42(50-40)36-23-17-33(18-24-36)39-29-47(9,10)48(11,12)30-39/h13-24,37-39H,25-30H2,1-12H3. The highest BCUT2D eigenvalue weighted by Crippen LogP contribution is 2.60. The van der Waals surface area contributed by atoms with Gasteiger partial charge in [-0.1, -0.05) is 156 Å². The Morgan fingerprint density at radius 3 is 0.667 bits per heavy atom. The van der Waals surface area contributed by atoms with Crippen LogP contribution in [0.2, 0.25) is 0 Å². The summed E-state index contributed by atoms with van der Waals surface area (Å²) in [6, 6.07) is 27.3. The van der Waals surface area contributed by atoms with E-state index >= 15 is 0 Å². The Hall–Kier alpha value is -3.33. The summed E-state index contributed by atoms with van der Waals surface area (Å²) in [4.78, 5) is 15.4. The van der Waals surface area contributed by atoms with E-state index in [1.54, 1.807) is 0 Å². The van der Waals surface area contributed by atoms with Crippen molar-refractivity contribution in [3.8, 4) is 34.2 Å². The molecule has 3 aliphatic rings. The van der Waals surface area contributed by atoms with Crippen molar-refractivity contribution in [3.63, 3.8) is 0 Å². The quantitative estimate of drug-likeness (QED) is 0.203. The van der Waals surface area contributed by atoms with Crippen LogP contribution in [0.25, 0.3) is 34.2 Å². The van der Waals surface area contributed by atoms with Crippen molar-refractivity contribution in [3.05, 3.63) is 89.5 Å². The zero-order valence-electron chi connectivity index (χ0n) is 33.7. The van der Waals surface area contributed by atoms with Gasteiger partial charge in [-0.05, 0) is 105 Å². The molecule has 270 valence electrons. The number of aromatic nitrogens is 3. The molecule has 3 nitrogen and oxygen atoms in total. The number of rotatable bonds is 6. The van der Waals surface area contributed by atoms with Gasteiger partial charge in [0.1, 0.15) is 0 Å². The van der Waals surface area contributed by atoms with Crippen molar-refractivity contribution in [1.82, 2.24) is 15.0 Å². The van der Waals surface area contributed by atoms with Crippen LogP contribution in [-0.4, -0.2) is 15.0 Å². The Labute approximate surface area is 309 Å². The van der Waals surface area contributed by atoms with Gasteiger partial charge in [0.15, 0.2) is 17.5 Å². The summed E-state index contributed by atoms with van der Waals surface area (Å²) in [6.07, 6.45) is 7.32. The molecule has 1 heterocycles. The fourth-order valence-corrected chi connectivity index (χ4v) is 9.75. The van der Waals surface area contributed by atoms with Gasteiger partial charge in [0, 0.05) is 16.7 Å². The van der Waals surface area contributed by atoms with Crippen molar-refractivity contribution in [2.75, 3.05) is 0 Å². The second-order valence-corrected chi connectivity index (χ2v) is 20.8. The predicted molar refractivity (Wildman–Crippen MR) is 215 cm³/mol. The fourth-order valence-electron chi connectivity index (χ4n) is 9.75. The molecule has 0 bridgehead atoms. The third kappa shape index (κ3) is 6.50. The van der Waals surface area contributed by atoms with E-state index in [1.807, 2.05) is 0 Å². The van der Waals surface area contributed by atoms with Gasteiger partial charge in [0.05, 0.1) is 0 Å². The first-order chi connectivity index (χ1) is 23.7. The summed E-state index contributed by atoms with van der Waals surface area (Å²) in [7, 11) is 0. The molecule has 3 aliphatic carbocycles. The van der Waals surface area contributed by atoms with Crippen LogP contribution < -0.4 is 0 Å². The summed E-state index contributed by atoms with van der Waals surface area (Å²) < 4.78 is 0. The lowest BCUT2D eigenvalue weighted by Gasteiger charge is -2.34. The monoisotopic (exact) mass is 682 g/mol. The molecule has 51 heavy (non-hydrogen) atoms. The molecule has 0 amide bonds. The molecule has 3 aromatic carbocycles. The van der Waals surface area contributed by atoms with E-state index in [9.17, 15) is 0 Å². The number of hydrogen-bond acceptors (Lipinski definition) is 3. The molecule has 0 aliphatic heterocycles. The van der Waals surface area contributed by atoms with Crippen LogP contribution >= 0.6 is 0 Å². The highest BCUT2D eigenvalue weighted by molar-refractivity contribution is 5.67. The zero-order chi connectivity index (χ0) is 36.8. The second-order valence-electron chi connectivity index (χ2n) is 20.8. The van der Waals surface area contributed by atoms with Gasteiger partial charge in [0.2, 0.25) is 0 Å². The molecule has 0 atom stereocenters. The summed E-state index contributed by atoms with van der Waals surface area (Å²) in [5.74, 6) is 3.95. The van der Waals surface area contributed by atoms with Crippen LogP contribution in [0.4, 0.5) is 0 Å². The molecule has 0 radical (unpaired) electrons. The summed E-state index contributed by atoms with van der Waals surface area (Å²) >= 11 is 0. The van der Waals surface area contributed by atoms with Crippen LogP contribution in [0.15, 0.2) is 72.8 Å². The molecule has 0 unspecified atom stereocenters. The maximum atomic E-state index is 5.14. The van der Waals surface area contributed by atoms with E-state index in [4.69, 9.17) is 15.0 Å². The fraction of sp³-hybridized carbons (Fsp3) is 0.562. The van der Waals surface area contributed by atoms with Gasteiger partial charge < -0.3 is 0 Å². The predicted octanol–water partition coefficient (Wildman–Crippen LogP) is 13.7. The molecular weight excluding hydrogens is 619 g/mol. The topological polar surface area (TPSA) is 38.7 Å². The number of benzene rings is 3. The van der Waals surface area contributed by atoms with E-state index in [0.717, 1.165) is 34.2 Å². The van der Waals surface area contributed by atoms with Crippen LogP contribution in [0, 0.1) is 32.5 Å². The van der Waals surface area contributed by atoms with E-state index in [2.05, 4.69) is 156 Å². The highest BCUT2D eigenvalue weighted by Gasteiger charge is 2.48. The average Bonchev–Trinajstić information content (AvgIpc) is 3.53. The molecule has 3 fully saturated rings. The Morgan fingerprint density at radius 2 is 0.490 bits per heavy atom. The Morgan fingerprint density at radius 1 is 0.314 bits per heavy atom. The molecule has 4 aromatic rings. The van der Waals surface area contributed by atoms with Crippen LogP contribution in [0.5, 0.6) is 0 Å². The molecule has 3 heteroatoms. The van der Waals surface area contributed by atoms with Gasteiger partial charge in [0.25, 0.3) is 0 Å². The minimum atomic E-state index is 0.327. The third-order valence-electron chi connectivity index (χ3n) is 15.6. The first kappa shape index (κ1) is 36.0. The van der Waals surface area contributed by atoms with Crippen LogP contribution in [0.3, 0.4) is 0 Å². The molecule has 0 saturated heterocycles. The summed E-state index contributed by atoms with van der Waals surface area (Å²) in [5, 5.41) is 0. The van der Waals surface area contributed by atoms with Crippen molar-refractivity contribution < 1.29 is 0 Å². The first-order valence-electron chi connectivity index (χ1n) is 19.7. The summed E-state index contributed by atoms with van der Waals surface area (Å²) in [5.41, 5.74) is 9.36. The average molecular weight is 682 g/mol. The van der Waals surface area contributed by atoms with Crippen molar-refractivity contribution in [1.29, 1.82) is 0 Å². The SMILES string of the molecule is CC1(C)CC(c2ccc(-c3nc(-c4ccc(C5CC(C)(C)C(C)(C)C5)cc4)nc(-c4ccc(C5CC(C)(C)C(C)(C)C5)cc4)n3)cc2)CC1(C)C. The number of hydrogen-bond donors (Lipinski definition) is 0. The molecule has 3 saturated carbocycles. The van der Waals surface area contributed by atoms with Crippen molar-refractivity contribution >= 4 is 0 Å². The van der Waals surface area contributed by atoms with E-state index in [1.165, 1.54) is 55.2 Å². The van der Waals surface area contributed by atoms with Gasteiger partial charge in [-0.2, -0.15) is 0 Å². The van der Waals surface area contributed by atoms with Crippen LogP contribution in [-0.2, 0) is 0 Å². The van der Waals surface area contributed by atoms with E-state index in [-0.39, 0.29) is 0 Å². The Bertz CT molecular complexity index is 1610. The lowest BCUT2D eigenvalue weighted by atomic mass is 9.71. The Balaban J connectivity index is 1.22. The normalized spacial score (nSPS) is 23.5. The largest absolute Gasteiger partial charge is 0.208 e. The molecule has 0 N–H and O–H groups in total. The Kier molecular flexibility index (Phi) is 8.56. The maximum absolute atomic E-state index is 5.14. The lowest BCUT2D eigenvalue weighted by Crippen LogP contribution is -2.25. The van der Waals surface area contributed by atoms with Crippen LogP contribution in [0.1, 0.15) is 156 Å². The lowest BCUT2D eigenvalue weighted by molar-refractivity contribution is 0.157. The van der Waals surface area contributed by atoms with E-state index in [0.29, 0.717) is 50.2 Å². The number of nitrogens with zero attached hydrogens (tertiary/aromatic N) is 3. The van der Waals surface area contributed by atoms with Gasteiger partial charge in [-0.25, -0.2) is 15.0 Å². The zero-order valence-corrected chi connectivity index (χ0v) is 33.7. The first-order valence-corrected chi connectivity index (χ1v) is 19.7. The highest BCUT2D eigenvalue weighted by atomic mass is 15.0. The molecule has 1 aromatic heterocycles. The van der Waals surface area contributed by atoms with Gasteiger partial charge >= 0.3 is 0 Å².